The van der Waals surface area contributed by atoms with Crippen LogP contribution >= 0.6 is 0 Å². The number of hydrogen-bond acceptors (Lipinski definition) is 7. The summed E-state index contributed by atoms with van der Waals surface area (Å²) >= 11 is 0. The molecule has 1 saturated carbocycles. The van der Waals surface area contributed by atoms with Crippen molar-refractivity contribution >= 4 is 11.6 Å². The summed E-state index contributed by atoms with van der Waals surface area (Å²) in [5.41, 5.74) is 0.640. The fourth-order valence-electron chi connectivity index (χ4n) is 3.54. The second kappa shape index (κ2) is 8.18. The number of carbonyl (C=O) groups excluding carboxylic acids is 1. The molecule has 2 fully saturated rings. The third-order valence-corrected chi connectivity index (χ3v) is 5.37. The van der Waals surface area contributed by atoms with Crippen molar-refractivity contribution in [1.82, 2.24) is 15.1 Å². The van der Waals surface area contributed by atoms with Gasteiger partial charge in [0.25, 0.3) is 0 Å². The predicted octanol–water partition coefficient (Wildman–Crippen LogP) is 2.78. The number of anilines is 1. The standard InChI is InChI=1S/C20H26N4O4/c1-26-15-5-6-16(17(11-15)27-2)21-18(25)12-24-9-7-14(8-10-24)20-23-22-19(28-20)13-3-4-13/h5-6,11,13-14H,3-4,7-10,12H2,1-2H3,(H,21,25). The molecule has 1 aromatic heterocycles. The summed E-state index contributed by atoms with van der Waals surface area (Å²) in [5.74, 6) is 3.54. The Kier molecular flexibility index (Phi) is 5.47. The van der Waals surface area contributed by atoms with Crippen molar-refractivity contribution in [3.05, 3.63) is 30.0 Å². The highest BCUT2D eigenvalue weighted by Crippen LogP contribution is 2.40. The highest BCUT2D eigenvalue weighted by atomic mass is 16.5. The first-order chi connectivity index (χ1) is 13.7. The molecular weight excluding hydrogens is 360 g/mol. The molecule has 4 rings (SSSR count). The van der Waals surface area contributed by atoms with Crippen LogP contribution in [0.5, 0.6) is 11.5 Å². The van der Waals surface area contributed by atoms with Gasteiger partial charge in [-0.3, -0.25) is 9.69 Å². The number of nitrogens with one attached hydrogen (secondary N) is 1. The SMILES string of the molecule is COc1ccc(NC(=O)CN2CCC(c3nnc(C4CC4)o3)CC2)c(OC)c1. The molecule has 1 saturated heterocycles. The van der Waals surface area contributed by atoms with Crippen LogP contribution in [0.25, 0.3) is 0 Å². The molecule has 1 amide bonds. The molecule has 2 aliphatic rings. The molecule has 28 heavy (non-hydrogen) atoms. The molecule has 0 bridgehead atoms. The van der Waals surface area contributed by atoms with Gasteiger partial charge in [0.05, 0.1) is 26.5 Å². The average Bonchev–Trinajstić information content (AvgIpc) is 3.45. The highest BCUT2D eigenvalue weighted by molar-refractivity contribution is 5.93. The van der Waals surface area contributed by atoms with Crippen LogP contribution in [0.2, 0.25) is 0 Å². The molecule has 150 valence electrons. The second-order valence-corrected chi connectivity index (χ2v) is 7.42. The zero-order chi connectivity index (χ0) is 19.5. The van der Waals surface area contributed by atoms with Crippen molar-refractivity contribution in [2.75, 3.05) is 39.2 Å². The second-order valence-electron chi connectivity index (χ2n) is 7.42. The van der Waals surface area contributed by atoms with Gasteiger partial charge in [0.2, 0.25) is 17.7 Å². The van der Waals surface area contributed by atoms with E-state index >= 15 is 0 Å². The third-order valence-electron chi connectivity index (χ3n) is 5.37. The number of methoxy groups -OCH3 is 2. The first-order valence-electron chi connectivity index (χ1n) is 9.73. The molecule has 8 nitrogen and oxygen atoms in total. The summed E-state index contributed by atoms with van der Waals surface area (Å²) in [5, 5.41) is 11.3. The number of carbonyl (C=O) groups is 1. The Morgan fingerprint density at radius 1 is 1.11 bits per heavy atom. The molecule has 1 aromatic carbocycles. The van der Waals surface area contributed by atoms with Gasteiger partial charge in [-0.2, -0.15) is 0 Å². The minimum Gasteiger partial charge on any atom is -0.497 e. The molecule has 2 aromatic rings. The molecule has 1 aliphatic heterocycles. The summed E-state index contributed by atoms with van der Waals surface area (Å²) in [6.45, 7) is 2.01. The van der Waals surface area contributed by atoms with E-state index in [1.807, 2.05) is 0 Å². The van der Waals surface area contributed by atoms with E-state index in [9.17, 15) is 4.79 Å². The van der Waals surface area contributed by atoms with Crippen LogP contribution in [-0.2, 0) is 4.79 Å². The maximum atomic E-state index is 12.5. The molecule has 0 atom stereocenters. The van der Waals surface area contributed by atoms with E-state index in [4.69, 9.17) is 13.9 Å². The zero-order valence-corrected chi connectivity index (χ0v) is 16.3. The first-order valence-corrected chi connectivity index (χ1v) is 9.73. The minimum atomic E-state index is -0.0595. The largest absolute Gasteiger partial charge is 0.497 e. The van der Waals surface area contributed by atoms with Crippen molar-refractivity contribution < 1.29 is 18.7 Å². The van der Waals surface area contributed by atoms with Gasteiger partial charge in [0.1, 0.15) is 11.5 Å². The summed E-state index contributed by atoms with van der Waals surface area (Å²) in [4.78, 5) is 14.6. The molecule has 1 N–H and O–H groups in total. The van der Waals surface area contributed by atoms with E-state index in [-0.39, 0.29) is 5.91 Å². The van der Waals surface area contributed by atoms with Crippen molar-refractivity contribution in [3.8, 4) is 11.5 Å². The number of ether oxygens (including phenoxy) is 2. The Bertz CT molecular complexity index is 825. The molecule has 0 spiro atoms. The first kappa shape index (κ1) is 18.7. The summed E-state index contributed by atoms with van der Waals surface area (Å²) in [6.07, 6.45) is 4.17. The smallest absolute Gasteiger partial charge is 0.238 e. The lowest BCUT2D eigenvalue weighted by molar-refractivity contribution is -0.117. The fourth-order valence-corrected chi connectivity index (χ4v) is 3.54. The summed E-state index contributed by atoms with van der Waals surface area (Å²) in [7, 11) is 3.17. The normalized spacial score (nSPS) is 18.1. The Hall–Kier alpha value is -2.61. The van der Waals surface area contributed by atoms with E-state index in [0.29, 0.717) is 35.6 Å². The van der Waals surface area contributed by atoms with E-state index in [2.05, 4.69) is 20.4 Å². The van der Waals surface area contributed by atoms with Crippen molar-refractivity contribution in [2.45, 2.75) is 37.5 Å². The molecule has 2 heterocycles. The number of likely N-dealkylation sites (tertiary alicyclic amines) is 1. The number of piperidine rings is 1. The number of amides is 1. The fraction of sp³-hybridized carbons (Fsp3) is 0.550. The van der Waals surface area contributed by atoms with Gasteiger partial charge in [-0.05, 0) is 50.9 Å². The topological polar surface area (TPSA) is 89.7 Å². The number of nitrogens with zero attached hydrogens (tertiary/aromatic N) is 3. The molecule has 1 aliphatic carbocycles. The lowest BCUT2D eigenvalue weighted by atomic mass is 9.97. The Morgan fingerprint density at radius 3 is 2.39 bits per heavy atom. The van der Waals surface area contributed by atoms with Gasteiger partial charge in [-0.15, -0.1) is 10.2 Å². The number of benzene rings is 1. The molecular formula is C20H26N4O4. The Balaban J connectivity index is 1.27. The average molecular weight is 386 g/mol. The Morgan fingerprint density at radius 2 is 1.79 bits per heavy atom. The summed E-state index contributed by atoms with van der Waals surface area (Å²) < 4.78 is 16.4. The monoisotopic (exact) mass is 386 g/mol. The minimum absolute atomic E-state index is 0.0595. The molecule has 8 heteroatoms. The van der Waals surface area contributed by atoms with E-state index < -0.39 is 0 Å². The lowest BCUT2D eigenvalue weighted by Gasteiger charge is -2.29. The summed E-state index contributed by atoms with van der Waals surface area (Å²) in [6, 6.07) is 5.33. The van der Waals surface area contributed by atoms with Gasteiger partial charge >= 0.3 is 0 Å². The van der Waals surface area contributed by atoms with Crippen molar-refractivity contribution in [1.29, 1.82) is 0 Å². The zero-order valence-electron chi connectivity index (χ0n) is 16.3. The third kappa shape index (κ3) is 4.27. The van der Waals surface area contributed by atoms with Crippen LogP contribution in [0.3, 0.4) is 0 Å². The van der Waals surface area contributed by atoms with Gasteiger partial charge in [0.15, 0.2) is 0 Å². The van der Waals surface area contributed by atoms with Gasteiger partial charge in [-0.25, -0.2) is 0 Å². The van der Waals surface area contributed by atoms with Crippen LogP contribution < -0.4 is 14.8 Å². The molecule has 0 unspecified atom stereocenters. The maximum Gasteiger partial charge on any atom is 0.238 e. The molecule has 0 radical (unpaired) electrons. The number of aromatic nitrogens is 2. The Labute approximate surface area is 164 Å². The van der Waals surface area contributed by atoms with E-state index in [1.54, 1.807) is 32.4 Å². The van der Waals surface area contributed by atoms with Crippen molar-refractivity contribution in [2.24, 2.45) is 0 Å². The van der Waals surface area contributed by atoms with Crippen molar-refractivity contribution in [3.63, 3.8) is 0 Å². The van der Waals surface area contributed by atoms with Crippen LogP contribution in [-0.4, -0.2) is 54.9 Å². The quantitative estimate of drug-likeness (QED) is 0.782. The van der Waals surface area contributed by atoms with Gasteiger partial charge in [0, 0.05) is 17.9 Å². The van der Waals surface area contributed by atoms with Crippen LogP contribution in [0, 0.1) is 0 Å². The van der Waals surface area contributed by atoms with Crippen LogP contribution in [0.1, 0.15) is 49.3 Å². The van der Waals surface area contributed by atoms with E-state index in [1.165, 1.54) is 0 Å². The number of rotatable bonds is 7. The van der Waals surface area contributed by atoms with E-state index in [0.717, 1.165) is 50.6 Å². The van der Waals surface area contributed by atoms with Gasteiger partial charge in [-0.1, -0.05) is 0 Å². The van der Waals surface area contributed by atoms with Gasteiger partial charge < -0.3 is 19.2 Å². The predicted molar refractivity (Wildman–Crippen MR) is 103 cm³/mol. The number of hydrogen-bond donors (Lipinski definition) is 1. The van der Waals surface area contributed by atoms with Crippen LogP contribution in [0.15, 0.2) is 22.6 Å². The van der Waals surface area contributed by atoms with Crippen LogP contribution in [0.4, 0.5) is 5.69 Å². The maximum absolute atomic E-state index is 12.5. The lowest BCUT2D eigenvalue weighted by Crippen LogP contribution is -2.38. The highest BCUT2D eigenvalue weighted by Gasteiger charge is 2.32.